The predicted octanol–water partition coefficient (Wildman–Crippen LogP) is 0.733. The average molecular weight is 425 g/mol. The number of ether oxygens (including phenoxy) is 2. The zero-order valence-corrected chi connectivity index (χ0v) is 16.9. The van der Waals surface area contributed by atoms with Crippen LogP contribution in [0.1, 0.15) is 9.80 Å². The second-order valence-corrected chi connectivity index (χ2v) is 8.42. The van der Waals surface area contributed by atoms with Crippen molar-refractivity contribution in [2.75, 3.05) is 70.6 Å². The van der Waals surface area contributed by atoms with Crippen molar-refractivity contribution in [3.63, 3.8) is 0 Å². The number of likely N-dealkylation sites (tertiary alicyclic amines) is 1. The molecule has 1 amide bonds. The fourth-order valence-electron chi connectivity index (χ4n) is 3.80. The Morgan fingerprint density at radius 2 is 1.68 bits per heavy atom. The van der Waals surface area contributed by atoms with Gasteiger partial charge in [-0.05, 0) is 11.6 Å². The molecule has 3 aliphatic heterocycles. The summed E-state index contributed by atoms with van der Waals surface area (Å²) in [6.45, 7) is 7.58. The van der Waals surface area contributed by atoms with Crippen LogP contribution >= 0.6 is 22.9 Å². The summed E-state index contributed by atoms with van der Waals surface area (Å²) >= 11 is 7.41. The van der Waals surface area contributed by atoms with E-state index < -0.39 is 0 Å². The number of fused-ring (bicyclic) bond motifs is 1. The average Bonchev–Trinajstić information content (AvgIpc) is 3.11. The Morgan fingerprint density at radius 1 is 1.00 bits per heavy atom. The number of morpholine rings is 2. The Labute approximate surface area is 171 Å². The Morgan fingerprint density at radius 3 is 2.39 bits per heavy atom. The van der Waals surface area contributed by atoms with Gasteiger partial charge in [0.25, 0.3) is 5.91 Å². The van der Waals surface area contributed by atoms with Gasteiger partial charge in [0.1, 0.15) is 5.52 Å². The van der Waals surface area contributed by atoms with Gasteiger partial charge in [0.2, 0.25) is 5.28 Å². The van der Waals surface area contributed by atoms with Gasteiger partial charge in [-0.3, -0.25) is 9.69 Å². The van der Waals surface area contributed by atoms with Crippen LogP contribution in [-0.2, 0) is 9.47 Å². The lowest BCUT2D eigenvalue weighted by atomic mass is 10.1. The van der Waals surface area contributed by atoms with Crippen molar-refractivity contribution in [3.8, 4) is 0 Å². The van der Waals surface area contributed by atoms with E-state index in [-0.39, 0.29) is 11.2 Å². The maximum absolute atomic E-state index is 12.9. The molecule has 0 N–H and O–H groups in total. The zero-order chi connectivity index (χ0) is 19.1. The van der Waals surface area contributed by atoms with Gasteiger partial charge in [-0.15, -0.1) is 0 Å². The van der Waals surface area contributed by atoms with E-state index in [1.165, 1.54) is 11.3 Å². The van der Waals surface area contributed by atoms with Gasteiger partial charge in [-0.25, -0.2) is 9.97 Å². The minimum atomic E-state index is -0.0449. The van der Waals surface area contributed by atoms with Crippen LogP contribution in [0.15, 0.2) is 0 Å². The van der Waals surface area contributed by atoms with Gasteiger partial charge in [-0.2, -0.15) is 4.98 Å². The number of nitrogens with zero attached hydrogens (tertiary/aromatic N) is 6. The molecular weight excluding hydrogens is 404 g/mol. The minimum Gasteiger partial charge on any atom is -0.379 e. The van der Waals surface area contributed by atoms with Crippen LogP contribution in [0.3, 0.4) is 0 Å². The first-order chi connectivity index (χ1) is 13.7. The number of halogens is 1. The van der Waals surface area contributed by atoms with Gasteiger partial charge >= 0.3 is 0 Å². The third-order valence-corrected chi connectivity index (χ3v) is 6.52. The van der Waals surface area contributed by atoms with Gasteiger partial charge in [-0.1, -0.05) is 11.3 Å². The fourth-order valence-corrected chi connectivity index (χ4v) is 4.92. The molecule has 3 saturated heterocycles. The Balaban J connectivity index is 1.34. The molecule has 0 saturated carbocycles. The molecule has 150 valence electrons. The number of rotatable bonds is 3. The fraction of sp³-hybridized carbons (Fsp3) is 0.647. The SMILES string of the molecule is O=C(c1nc2c(N3CCOCC3)nc(Cl)nc2s1)N1CC(N2CCOCC2)C1. The molecular formula is C17H21ClN6O3S. The Kier molecular flexibility index (Phi) is 5.06. The summed E-state index contributed by atoms with van der Waals surface area (Å²) in [6.07, 6.45) is 0. The third kappa shape index (κ3) is 3.43. The van der Waals surface area contributed by atoms with Crippen LogP contribution < -0.4 is 4.90 Å². The molecule has 28 heavy (non-hydrogen) atoms. The number of carbonyl (C=O) groups excluding carboxylic acids is 1. The number of anilines is 1. The molecule has 5 heterocycles. The lowest BCUT2D eigenvalue weighted by molar-refractivity contribution is -0.0256. The van der Waals surface area contributed by atoms with Crippen molar-refractivity contribution >= 4 is 45.0 Å². The van der Waals surface area contributed by atoms with Gasteiger partial charge in [0, 0.05) is 45.3 Å². The summed E-state index contributed by atoms with van der Waals surface area (Å²) in [7, 11) is 0. The summed E-state index contributed by atoms with van der Waals surface area (Å²) in [5, 5.41) is 0.620. The van der Waals surface area contributed by atoms with Crippen LogP contribution in [0.5, 0.6) is 0 Å². The summed E-state index contributed by atoms with van der Waals surface area (Å²) in [5.41, 5.74) is 0.643. The topological polar surface area (TPSA) is 83.9 Å². The summed E-state index contributed by atoms with van der Waals surface area (Å²) in [4.78, 5) is 33.2. The number of amides is 1. The van der Waals surface area contributed by atoms with Crippen molar-refractivity contribution in [3.05, 3.63) is 10.3 Å². The predicted molar refractivity (Wildman–Crippen MR) is 105 cm³/mol. The zero-order valence-electron chi connectivity index (χ0n) is 15.3. The number of thiazole rings is 1. The third-order valence-electron chi connectivity index (χ3n) is 5.42. The van der Waals surface area contributed by atoms with Gasteiger partial charge in [0.15, 0.2) is 15.7 Å². The van der Waals surface area contributed by atoms with E-state index in [1.54, 1.807) is 0 Å². The quantitative estimate of drug-likeness (QED) is 0.667. The van der Waals surface area contributed by atoms with Crippen molar-refractivity contribution in [1.29, 1.82) is 0 Å². The molecule has 9 nitrogen and oxygen atoms in total. The van der Waals surface area contributed by atoms with Crippen molar-refractivity contribution in [2.45, 2.75) is 6.04 Å². The van der Waals surface area contributed by atoms with Gasteiger partial charge in [0.05, 0.1) is 26.4 Å². The molecule has 0 bridgehead atoms. The molecule has 0 spiro atoms. The highest BCUT2D eigenvalue weighted by Gasteiger charge is 2.37. The molecule has 3 fully saturated rings. The van der Waals surface area contributed by atoms with Crippen LogP contribution in [-0.4, -0.2) is 102 Å². The molecule has 0 atom stereocenters. The van der Waals surface area contributed by atoms with Crippen LogP contribution in [0, 0.1) is 0 Å². The Bertz CT molecular complexity index is 877. The van der Waals surface area contributed by atoms with E-state index >= 15 is 0 Å². The molecule has 2 aromatic rings. The van der Waals surface area contributed by atoms with E-state index in [2.05, 4.69) is 24.8 Å². The molecule has 3 aliphatic rings. The maximum Gasteiger partial charge on any atom is 0.283 e. The minimum absolute atomic E-state index is 0.0449. The Hall–Kier alpha value is -1.59. The monoisotopic (exact) mass is 424 g/mol. The molecule has 11 heteroatoms. The summed E-state index contributed by atoms with van der Waals surface area (Å²) in [5.74, 6) is 0.639. The second-order valence-electron chi connectivity index (χ2n) is 7.10. The number of hydrogen-bond acceptors (Lipinski definition) is 9. The lowest BCUT2D eigenvalue weighted by Crippen LogP contribution is -2.62. The van der Waals surface area contributed by atoms with Crippen molar-refractivity contribution in [1.82, 2.24) is 24.8 Å². The molecule has 2 aromatic heterocycles. The van der Waals surface area contributed by atoms with E-state index in [9.17, 15) is 4.79 Å². The summed E-state index contributed by atoms with van der Waals surface area (Å²) in [6, 6.07) is 0.417. The van der Waals surface area contributed by atoms with Crippen LogP contribution in [0.2, 0.25) is 5.28 Å². The van der Waals surface area contributed by atoms with Crippen LogP contribution in [0.25, 0.3) is 10.3 Å². The van der Waals surface area contributed by atoms with Crippen molar-refractivity contribution < 1.29 is 14.3 Å². The molecule has 0 radical (unpaired) electrons. The van der Waals surface area contributed by atoms with E-state index in [0.717, 1.165) is 52.5 Å². The highest BCUT2D eigenvalue weighted by molar-refractivity contribution is 7.20. The standard InChI is InChI=1S/C17H21ClN6O3S/c18-17-20-13(23-3-7-27-8-4-23)12-14(21-17)28-15(19-12)16(25)24-9-11(10-24)22-1-5-26-6-2-22/h11H,1-10H2. The number of aromatic nitrogens is 3. The maximum atomic E-state index is 12.9. The van der Waals surface area contributed by atoms with E-state index in [1.807, 2.05) is 4.90 Å². The molecule has 0 aliphatic carbocycles. The van der Waals surface area contributed by atoms with Crippen LogP contribution in [0.4, 0.5) is 5.82 Å². The van der Waals surface area contributed by atoms with Crippen molar-refractivity contribution in [2.24, 2.45) is 0 Å². The first-order valence-corrected chi connectivity index (χ1v) is 10.7. The first kappa shape index (κ1) is 18.4. The first-order valence-electron chi connectivity index (χ1n) is 9.47. The smallest absolute Gasteiger partial charge is 0.283 e. The molecule has 5 rings (SSSR count). The normalized spacial score (nSPS) is 21.9. The van der Waals surface area contributed by atoms with Gasteiger partial charge < -0.3 is 19.3 Å². The summed E-state index contributed by atoms with van der Waals surface area (Å²) < 4.78 is 10.8. The molecule has 0 unspecified atom stereocenters. The van der Waals surface area contributed by atoms with E-state index in [4.69, 9.17) is 21.1 Å². The largest absolute Gasteiger partial charge is 0.379 e. The number of carbonyl (C=O) groups is 1. The highest BCUT2D eigenvalue weighted by atomic mass is 35.5. The highest BCUT2D eigenvalue weighted by Crippen LogP contribution is 2.31. The molecule has 0 aromatic carbocycles. The second kappa shape index (κ2) is 7.68. The lowest BCUT2D eigenvalue weighted by Gasteiger charge is -2.46. The number of hydrogen-bond donors (Lipinski definition) is 0. The van der Waals surface area contributed by atoms with E-state index in [0.29, 0.717) is 40.4 Å².